The van der Waals surface area contributed by atoms with E-state index >= 15 is 0 Å². The van der Waals surface area contributed by atoms with Crippen LogP contribution in [-0.2, 0) is 0 Å². The molecule has 5 rings (SSSR count). The summed E-state index contributed by atoms with van der Waals surface area (Å²) < 4.78 is 14.0. The van der Waals surface area contributed by atoms with Crippen molar-refractivity contribution < 1.29 is 9.47 Å². The summed E-state index contributed by atoms with van der Waals surface area (Å²) in [6.07, 6.45) is 2.46. The maximum absolute atomic E-state index is 5.54. The van der Waals surface area contributed by atoms with Gasteiger partial charge in [0.25, 0.3) is 0 Å². The SMILES string of the molecule is Brc1ccc([C@@H]2C[C@@H](c3ccc4c(c3)OCO4)n3ncnc3N2)cc1. The van der Waals surface area contributed by atoms with Crippen molar-refractivity contribution in [3.63, 3.8) is 0 Å². The Morgan fingerprint density at radius 3 is 2.72 bits per heavy atom. The van der Waals surface area contributed by atoms with Crippen molar-refractivity contribution in [3.05, 3.63) is 64.4 Å². The van der Waals surface area contributed by atoms with E-state index in [0.717, 1.165) is 33.9 Å². The summed E-state index contributed by atoms with van der Waals surface area (Å²) in [6.45, 7) is 0.279. The zero-order valence-electron chi connectivity index (χ0n) is 13.2. The van der Waals surface area contributed by atoms with E-state index in [1.54, 1.807) is 6.33 Å². The van der Waals surface area contributed by atoms with Crippen LogP contribution < -0.4 is 14.8 Å². The molecule has 126 valence electrons. The summed E-state index contributed by atoms with van der Waals surface area (Å²) in [5.74, 6) is 2.36. The Kier molecular flexibility index (Phi) is 3.41. The Morgan fingerprint density at radius 2 is 1.84 bits per heavy atom. The van der Waals surface area contributed by atoms with Gasteiger partial charge in [-0.15, -0.1) is 0 Å². The molecule has 0 amide bonds. The molecule has 3 aromatic rings. The predicted molar refractivity (Wildman–Crippen MR) is 95.8 cm³/mol. The summed E-state index contributed by atoms with van der Waals surface area (Å²) >= 11 is 3.49. The van der Waals surface area contributed by atoms with Crippen molar-refractivity contribution in [1.29, 1.82) is 0 Å². The van der Waals surface area contributed by atoms with Gasteiger partial charge in [-0.05, 0) is 41.8 Å². The molecule has 0 fully saturated rings. The molecule has 0 unspecified atom stereocenters. The minimum Gasteiger partial charge on any atom is -0.454 e. The number of nitrogens with one attached hydrogen (secondary N) is 1. The molecule has 0 aliphatic carbocycles. The Hall–Kier alpha value is -2.54. The maximum atomic E-state index is 5.54. The van der Waals surface area contributed by atoms with Crippen molar-refractivity contribution in [1.82, 2.24) is 14.8 Å². The molecule has 0 radical (unpaired) electrons. The lowest BCUT2D eigenvalue weighted by Gasteiger charge is -2.32. The van der Waals surface area contributed by atoms with Gasteiger partial charge in [0.2, 0.25) is 12.7 Å². The van der Waals surface area contributed by atoms with Gasteiger partial charge < -0.3 is 14.8 Å². The van der Waals surface area contributed by atoms with Gasteiger partial charge >= 0.3 is 0 Å². The molecule has 3 heterocycles. The van der Waals surface area contributed by atoms with Crippen molar-refractivity contribution in [2.24, 2.45) is 0 Å². The summed E-state index contributed by atoms with van der Waals surface area (Å²) in [5.41, 5.74) is 2.36. The quantitative estimate of drug-likeness (QED) is 0.708. The number of nitrogens with zero attached hydrogens (tertiary/aromatic N) is 3. The fourth-order valence-electron chi connectivity index (χ4n) is 3.43. The van der Waals surface area contributed by atoms with Crippen LogP contribution in [0, 0.1) is 0 Å². The van der Waals surface area contributed by atoms with Gasteiger partial charge in [-0.25, -0.2) is 4.68 Å². The van der Waals surface area contributed by atoms with Crippen LogP contribution in [0.3, 0.4) is 0 Å². The van der Waals surface area contributed by atoms with Crippen molar-refractivity contribution >= 4 is 21.9 Å². The molecule has 0 saturated carbocycles. The Bertz CT molecular complexity index is 925. The number of benzene rings is 2. The van der Waals surface area contributed by atoms with E-state index in [0.29, 0.717) is 0 Å². The molecule has 25 heavy (non-hydrogen) atoms. The lowest BCUT2D eigenvalue weighted by atomic mass is 9.93. The third-order valence-electron chi connectivity index (χ3n) is 4.68. The molecule has 2 aromatic carbocycles. The Morgan fingerprint density at radius 1 is 1.04 bits per heavy atom. The third-order valence-corrected chi connectivity index (χ3v) is 5.21. The Balaban J connectivity index is 1.53. The van der Waals surface area contributed by atoms with Crippen molar-refractivity contribution in [2.75, 3.05) is 12.1 Å². The average Bonchev–Trinajstić information content (AvgIpc) is 3.29. The number of ether oxygens (including phenoxy) is 2. The molecule has 0 saturated heterocycles. The number of hydrogen-bond acceptors (Lipinski definition) is 5. The van der Waals surface area contributed by atoms with Crippen LogP contribution in [-0.4, -0.2) is 21.6 Å². The molecule has 6 nitrogen and oxygen atoms in total. The zero-order valence-corrected chi connectivity index (χ0v) is 14.8. The minimum atomic E-state index is 0.0851. The largest absolute Gasteiger partial charge is 0.454 e. The van der Waals surface area contributed by atoms with Crippen LogP contribution >= 0.6 is 15.9 Å². The van der Waals surface area contributed by atoms with Gasteiger partial charge in [-0.1, -0.05) is 34.1 Å². The lowest BCUT2D eigenvalue weighted by molar-refractivity contribution is 0.174. The van der Waals surface area contributed by atoms with Crippen molar-refractivity contribution in [3.8, 4) is 11.5 Å². The Labute approximate surface area is 152 Å². The maximum Gasteiger partial charge on any atom is 0.231 e. The molecule has 2 atom stereocenters. The fourth-order valence-corrected chi connectivity index (χ4v) is 3.70. The van der Waals surface area contributed by atoms with E-state index in [1.807, 2.05) is 16.8 Å². The first-order chi connectivity index (χ1) is 12.3. The normalized spacial score (nSPS) is 20.8. The lowest BCUT2D eigenvalue weighted by Crippen LogP contribution is -2.28. The standard InChI is InChI=1S/C18H15BrN4O2/c19-13-4-1-11(2-5-13)14-8-15(23-18(22-14)20-9-21-23)12-3-6-16-17(7-12)25-10-24-16/h1-7,9,14-15H,8,10H2,(H,20,21,22)/t14-,15-/m0/s1. The highest BCUT2D eigenvalue weighted by molar-refractivity contribution is 9.10. The zero-order chi connectivity index (χ0) is 16.8. The molecular weight excluding hydrogens is 384 g/mol. The number of anilines is 1. The second kappa shape index (κ2) is 5.77. The average molecular weight is 399 g/mol. The molecule has 2 aliphatic rings. The smallest absolute Gasteiger partial charge is 0.231 e. The summed E-state index contributed by atoms with van der Waals surface area (Å²) in [7, 11) is 0. The van der Waals surface area contributed by atoms with Crippen LogP contribution in [0.5, 0.6) is 11.5 Å². The summed E-state index contributed by atoms with van der Waals surface area (Å²) in [6, 6.07) is 14.7. The van der Waals surface area contributed by atoms with Gasteiger partial charge in [-0.2, -0.15) is 10.1 Å². The van der Waals surface area contributed by atoms with Crippen LogP contribution in [0.2, 0.25) is 0 Å². The number of rotatable bonds is 2. The highest BCUT2D eigenvalue weighted by Gasteiger charge is 2.30. The molecular formula is C18H15BrN4O2. The number of fused-ring (bicyclic) bond motifs is 2. The van der Waals surface area contributed by atoms with Crippen LogP contribution in [0.4, 0.5) is 5.95 Å². The van der Waals surface area contributed by atoms with Gasteiger partial charge in [0.1, 0.15) is 6.33 Å². The van der Waals surface area contributed by atoms with Crippen LogP contribution in [0.1, 0.15) is 29.6 Å². The minimum absolute atomic E-state index is 0.0851. The van der Waals surface area contributed by atoms with E-state index in [-0.39, 0.29) is 18.9 Å². The van der Waals surface area contributed by atoms with E-state index in [9.17, 15) is 0 Å². The third kappa shape index (κ3) is 2.55. The predicted octanol–water partition coefficient (Wildman–Crippen LogP) is 3.92. The van der Waals surface area contributed by atoms with Gasteiger partial charge in [0, 0.05) is 4.47 Å². The number of hydrogen-bond donors (Lipinski definition) is 1. The molecule has 0 spiro atoms. The van der Waals surface area contributed by atoms with Crippen LogP contribution in [0.15, 0.2) is 53.3 Å². The molecule has 1 N–H and O–H groups in total. The second-order valence-electron chi connectivity index (χ2n) is 6.14. The number of halogens is 1. The van der Waals surface area contributed by atoms with Gasteiger partial charge in [-0.3, -0.25) is 0 Å². The topological polar surface area (TPSA) is 61.2 Å². The number of aromatic nitrogens is 3. The molecule has 0 bridgehead atoms. The van der Waals surface area contributed by atoms with Gasteiger partial charge in [0.15, 0.2) is 11.5 Å². The fraction of sp³-hybridized carbons (Fsp3) is 0.222. The van der Waals surface area contributed by atoms with Crippen LogP contribution in [0.25, 0.3) is 0 Å². The monoisotopic (exact) mass is 398 g/mol. The highest BCUT2D eigenvalue weighted by atomic mass is 79.9. The van der Waals surface area contributed by atoms with E-state index in [4.69, 9.17) is 9.47 Å². The summed E-state index contributed by atoms with van der Waals surface area (Å²) in [4.78, 5) is 4.37. The van der Waals surface area contributed by atoms with Gasteiger partial charge in [0.05, 0.1) is 12.1 Å². The highest BCUT2D eigenvalue weighted by Crippen LogP contribution is 2.41. The molecule has 2 aliphatic heterocycles. The summed E-state index contributed by atoms with van der Waals surface area (Å²) in [5, 5.41) is 7.90. The van der Waals surface area contributed by atoms with E-state index in [1.165, 1.54) is 5.56 Å². The first kappa shape index (κ1) is 14.8. The first-order valence-electron chi connectivity index (χ1n) is 8.09. The molecule has 7 heteroatoms. The van der Waals surface area contributed by atoms with Crippen molar-refractivity contribution in [2.45, 2.75) is 18.5 Å². The molecule has 1 aromatic heterocycles. The van der Waals surface area contributed by atoms with E-state index < -0.39 is 0 Å². The first-order valence-corrected chi connectivity index (χ1v) is 8.88. The second-order valence-corrected chi connectivity index (χ2v) is 7.06. The van der Waals surface area contributed by atoms with E-state index in [2.05, 4.69) is 61.7 Å².